The summed E-state index contributed by atoms with van der Waals surface area (Å²) in [6.45, 7) is 0.489. The molecule has 4 aromatic rings. The molecule has 0 aliphatic rings. The lowest BCUT2D eigenvalue weighted by Crippen LogP contribution is -2.06. The van der Waals surface area contributed by atoms with Crippen molar-refractivity contribution in [2.45, 2.75) is 13.0 Å². The number of hydrogen-bond donors (Lipinski definition) is 0. The summed E-state index contributed by atoms with van der Waals surface area (Å²) in [5, 5.41) is 12.9. The van der Waals surface area contributed by atoms with Crippen molar-refractivity contribution < 1.29 is 4.74 Å². The average molecular weight is 411 g/mol. The normalized spacial score (nSPS) is 10.8. The van der Waals surface area contributed by atoms with Crippen LogP contribution in [0.15, 0.2) is 72.8 Å². The highest BCUT2D eigenvalue weighted by Gasteiger charge is 2.15. The molecule has 140 valence electrons. The second-order valence-corrected chi connectivity index (χ2v) is 6.92. The molecule has 0 saturated heterocycles. The first-order valence-electron chi connectivity index (χ1n) is 8.68. The fourth-order valence-corrected chi connectivity index (χ4v) is 3.23. The summed E-state index contributed by atoms with van der Waals surface area (Å²) in [6, 6.07) is 23.2. The molecule has 0 saturated carbocycles. The Labute approximate surface area is 172 Å². The van der Waals surface area contributed by atoms with Gasteiger partial charge < -0.3 is 4.74 Å². The maximum atomic E-state index is 6.34. The van der Waals surface area contributed by atoms with Crippen LogP contribution in [0.3, 0.4) is 0 Å². The van der Waals surface area contributed by atoms with E-state index in [1.54, 1.807) is 10.7 Å². The smallest absolute Gasteiger partial charge is 0.161 e. The Morgan fingerprint density at radius 3 is 2.50 bits per heavy atom. The van der Waals surface area contributed by atoms with Crippen LogP contribution in [0.4, 0.5) is 0 Å². The maximum Gasteiger partial charge on any atom is 0.161 e. The van der Waals surface area contributed by atoms with Crippen molar-refractivity contribution in [2.24, 2.45) is 0 Å². The van der Waals surface area contributed by atoms with Gasteiger partial charge in [-0.05, 0) is 34.2 Å². The SMILES string of the molecule is Clc1cccc(-n2nnnc2Cc2ccccc2OCc2ccccc2)c1Cl. The molecule has 1 heterocycles. The Morgan fingerprint density at radius 2 is 1.64 bits per heavy atom. The van der Waals surface area contributed by atoms with Gasteiger partial charge in [0, 0.05) is 12.0 Å². The number of rotatable bonds is 6. The van der Waals surface area contributed by atoms with Gasteiger partial charge in [0.15, 0.2) is 5.82 Å². The highest BCUT2D eigenvalue weighted by molar-refractivity contribution is 6.43. The predicted molar refractivity (Wildman–Crippen MR) is 109 cm³/mol. The molecule has 0 atom stereocenters. The number of para-hydroxylation sites is 1. The molecule has 0 spiro atoms. The molecule has 7 heteroatoms. The summed E-state index contributed by atoms with van der Waals surface area (Å²) in [5.41, 5.74) is 2.72. The van der Waals surface area contributed by atoms with Crippen LogP contribution in [-0.2, 0) is 13.0 Å². The Balaban J connectivity index is 1.59. The van der Waals surface area contributed by atoms with Crippen LogP contribution in [0.2, 0.25) is 10.0 Å². The number of halogens is 2. The van der Waals surface area contributed by atoms with E-state index < -0.39 is 0 Å². The number of ether oxygens (including phenoxy) is 1. The predicted octanol–water partition coefficient (Wildman–Crippen LogP) is 5.14. The zero-order valence-corrected chi connectivity index (χ0v) is 16.3. The minimum Gasteiger partial charge on any atom is -0.489 e. The quantitative estimate of drug-likeness (QED) is 0.441. The molecule has 0 unspecified atom stereocenters. The summed E-state index contributed by atoms with van der Waals surface area (Å²) >= 11 is 12.5. The second kappa shape index (κ2) is 8.42. The monoisotopic (exact) mass is 410 g/mol. The van der Waals surface area contributed by atoms with E-state index in [1.165, 1.54) is 0 Å². The minimum absolute atomic E-state index is 0.409. The first-order valence-corrected chi connectivity index (χ1v) is 9.44. The van der Waals surface area contributed by atoms with Crippen molar-refractivity contribution in [3.63, 3.8) is 0 Å². The van der Waals surface area contributed by atoms with Gasteiger partial charge in [0.2, 0.25) is 0 Å². The van der Waals surface area contributed by atoms with Gasteiger partial charge in [-0.25, -0.2) is 0 Å². The third kappa shape index (κ3) is 4.01. The average Bonchev–Trinajstić information content (AvgIpc) is 3.18. The van der Waals surface area contributed by atoms with Gasteiger partial charge in [-0.3, -0.25) is 0 Å². The minimum atomic E-state index is 0.409. The van der Waals surface area contributed by atoms with Crippen molar-refractivity contribution in [3.8, 4) is 11.4 Å². The van der Waals surface area contributed by atoms with E-state index in [-0.39, 0.29) is 0 Å². The number of nitrogens with zero attached hydrogens (tertiary/aromatic N) is 4. The zero-order chi connectivity index (χ0) is 19.3. The van der Waals surface area contributed by atoms with Gasteiger partial charge in [0.05, 0.1) is 15.7 Å². The lowest BCUT2D eigenvalue weighted by Gasteiger charge is -2.12. The van der Waals surface area contributed by atoms with Crippen LogP contribution in [0.1, 0.15) is 17.0 Å². The fourth-order valence-electron chi connectivity index (χ4n) is 2.86. The Kier molecular flexibility index (Phi) is 5.55. The number of hydrogen-bond acceptors (Lipinski definition) is 4. The van der Waals surface area contributed by atoms with E-state index in [4.69, 9.17) is 27.9 Å². The molecule has 4 rings (SSSR count). The van der Waals surface area contributed by atoms with Crippen molar-refractivity contribution >= 4 is 23.2 Å². The Hall–Kier alpha value is -2.89. The zero-order valence-electron chi connectivity index (χ0n) is 14.8. The standard InChI is InChI=1S/C21H16Cl2N4O/c22-17-10-6-11-18(21(17)23)27-20(24-25-26-27)13-16-9-4-5-12-19(16)28-14-15-7-2-1-3-8-15/h1-12H,13-14H2. The molecule has 0 aliphatic carbocycles. The molecule has 0 fully saturated rings. The van der Waals surface area contributed by atoms with E-state index in [2.05, 4.69) is 15.5 Å². The van der Waals surface area contributed by atoms with E-state index in [9.17, 15) is 0 Å². The number of tetrazole rings is 1. The van der Waals surface area contributed by atoms with Gasteiger partial charge in [-0.15, -0.1) is 5.10 Å². The highest BCUT2D eigenvalue weighted by Crippen LogP contribution is 2.29. The van der Waals surface area contributed by atoms with Gasteiger partial charge in [0.25, 0.3) is 0 Å². The van der Waals surface area contributed by atoms with Crippen LogP contribution in [0.25, 0.3) is 5.69 Å². The first-order chi connectivity index (χ1) is 13.7. The van der Waals surface area contributed by atoms with Crippen LogP contribution < -0.4 is 4.74 Å². The third-order valence-corrected chi connectivity index (χ3v) is 5.06. The van der Waals surface area contributed by atoms with Gasteiger partial charge in [-0.1, -0.05) is 77.8 Å². The van der Waals surface area contributed by atoms with Crippen molar-refractivity contribution in [1.82, 2.24) is 20.2 Å². The van der Waals surface area contributed by atoms with Crippen LogP contribution in [0.5, 0.6) is 5.75 Å². The van der Waals surface area contributed by atoms with E-state index in [0.717, 1.165) is 16.9 Å². The van der Waals surface area contributed by atoms with Gasteiger partial charge >= 0.3 is 0 Å². The van der Waals surface area contributed by atoms with Crippen LogP contribution >= 0.6 is 23.2 Å². The largest absolute Gasteiger partial charge is 0.489 e. The van der Waals surface area contributed by atoms with Crippen molar-refractivity contribution in [2.75, 3.05) is 0 Å². The highest BCUT2D eigenvalue weighted by atomic mass is 35.5. The topological polar surface area (TPSA) is 52.8 Å². The van der Waals surface area contributed by atoms with Crippen molar-refractivity contribution in [3.05, 3.63) is 99.8 Å². The molecular formula is C21H16Cl2N4O. The molecule has 0 amide bonds. The molecule has 5 nitrogen and oxygen atoms in total. The Morgan fingerprint density at radius 1 is 0.857 bits per heavy atom. The molecule has 0 bridgehead atoms. The number of aromatic nitrogens is 4. The lowest BCUT2D eigenvalue weighted by atomic mass is 10.1. The molecule has 3 aromatic carbocycles. The van der Waals surface area contributed by atoms with Crippen molar-refractivity contribution in [1.29, 1.82) is 0 Å². The summed E-state index contributed by atoms with van der Waals surface area (Å²) in [6.07, 6.45) is 0.487. The first kappa shape index (κ1) is 18.5. The molecular weight excluding hydrogens is 395 g/mol. The maximum absolute atomic E-state index is 6.34. The lowest BCUT2D eigenvalue weighted by molar-refractivity contribution is 0.303. The Bertz CT molecular complexity index is 1080. The van der Waals surface area contributed by atoms with Gasteiger partial charge in [-0.2, -0.15) is 4.68 Å². The van der Waals surface area contributed by atoms with E-state index in [0.29, 0.717) is 34.6 Å². The molecule has 28 heavy (non-hydrogen) atoms. The fraction of sp³-hybridized carbons (Fsp3) is 0.0952. The molecule has 0 aliphatic heterocycles. The van der Waals surface area contributed by atoms with Gasteiger partial charge in [0.1, 0.15) is 12.4 Å². The van der Waals surface area contributed by atoms with Crippen LogP contribution in [0, 0.1) is 0 Å². The molecule has 0 N–H and O–H groups in total. The second-order valence-electron chi connectivity index (χ2n) is 6.14. The summed E-state index contributed by atoms with van der Waals surface area (Å²) < 4.78 is 7.63. The molecule has 1 aromatic heterocycles. The van der Waals surface area contributed by atoms with E-state index in [1.807, 2.05) is 66.7 Å². The summed E-state index contributed by atoms with van der Waals surface area (Å²) in [7, 11) is 0. The summed E-state index contributed by atoms with van der Waals surface area (Å²) in [4.78, 5) is 0. The van der Waals surface area contributed by atoms with Crippen LogP contribution in [-0.4, -0.2) is 20.2 Å². The molecule has 0 radical (unpaired) electrons. The number of benzene rings is 3. The summed E-state index contributed by atoms with van der Waals surface area (Å²) in [5.74, 6) is 1.43. The third-order valence-electron chi connectivity index (χ3n) is 4.25. The van der Waals surface area contributed by atoms with E-state index >= 15 is 0 Å².